The van der Waals surface area contributed by atoms with Crippen LogP contribution in [0.2, 0.25) is 0 Å². The van der Waals surface area contributed by atoms with Crippen LogP contribution in [0.25, 0.3) is 73.2 Å². The zero-order valence-corrected chi connectivity index (χ0v) is 31.8. The highest BCUT2D eigenvalue weighted by Gasteiger charge is 2.31. The molecular weight excluding hydrogens is 665 g/mol. The Morgan fingerprint density at radius 3 is 2.18 bits per heavy atom. The van der Waals surface area contributed by atoms with Crippen LogP contribution in [0.5, 0.6) is 0 Å². The minimum Gasteiger partial charge on any atom is -0.359 e. The van der Waals surface area contributed by atoms with Crippen LogP contribution in [-0.2, 0) is 6.42 Å². The highest BCUT2D eigenvalue weighted by Crippen LogP contribution is 2.45. The van der Waals surface area contributed by atoms with Gasteiger partial charge in [-0.2, -0.15) is 0 Å². The second-order valence-electron chi connectivity index (χ2n) is 16.0. The van der Waals surface area contributed by atoms with Gasteiger partial charge in [-0.25, -0.2) is 0 Å². The molecule has 0 bridgehead atoms. The Morgan fingerprint density at radius 1 is 0.673 bits per heavy atom. The number of benzene rings is 7. The van der Waals surface area contributed by atoms with Crippen LogP contribution < -0.4 is 20.7 Å². The number of aryl methyl sites for hydroxylation is 1. The van der Waals surface area contributed by atoms with Crippen LogP contribution in [0, 0.1) is 5.92 Å². The normalized spacial score (nSPS) is 15.6. The molecule has 1 N–H and O–H groups in total. The molecule has 1 unspecified atom stereocenters. The molecule has 2 heteroatoms. The minimum atomic E-state index is 0.00239. The Kier molecular flexibility index (Phi) is 8.29. The van der Waals surface area contributed by atoms with E-state index in [1.54, 1.807) is 0 Å². The molecule has 0 spiro atoms. The van der Waals surface area contributed by atoms with Gasteiger partial charge < -0.3 is 10.2 Å². The van der Waals surface area contributed by atoms with Gasteiger partial charge in [0.25, 0.3) is 0 Å². The maximum Gasteiger partial charge on any atom is 0.130 e. The molecule has 0 saturated heterocycles. The summed E-state index contributed by atoms with van der Waals surface area (Å²) in [6, 6.07) is 47.9. The van der Waals surface area contributed by atoms with Gasteiger partial charge in [0.05, 0.1) is 11.4 Å². The molecule has 0 aromatic heterocycles. The maximum absolute atomic E-state index is 4.55. The highest BCUT2D eigenvalue weighted by atomic mass is 15.3. The average molecular weight is 711 g/mol. The monoisotopic (exact) mass is 710 g/mol. The third kappa shape index (κ3) is 5.88. The quantitative estimate of drug-likeness (QED) is 0.177. The van der Waals surface area contributed by atoms with E-state index in [-0.39, 0.29) is 6.17 Å². The molecule has 0 radical (unpaired) electrons. The van der Waals surface area contributed by atoms with Crippen molar-refractivity contribution >= 4 is 51.1 Å². The van der Waals surface area contributed by atoms with Gasteiger partial charge in [-0.3, -0.25) is 0 Å². The van der Waals surface area contributed by atoms with E-state index in [1.165, 1.54) is 87.7 Å². The third-order valence-electron chi connectivity index (χ3n) is 11.9. The number of fused-ring (bicyclic) bond motifs is 5. The predicted molar refractivity (Wildman–Crippen MR) is 236 cm³/mol. The molecule has 0 amide bonds. The topological polar surface area (TPSA) is 15.3 Å². The first-order valence-corrected chi connectivity index (χ1v) is 20.0. The summed E-state index contributed by atoms with van der Waals surface area (Å²) >= 11 is 0. The fourth-order valence-electron chi connectivity index (χ4n) is 9.31. The molecule has 1 aliphatic heterocycles. The zero-order valence-electron chi connectivity index (χ0n) is 31.8. The smallest absolute Gasteiger partial charge is 0.130 e. The summed E-state index contributed by atoms with van der Waals surface area (Å²) in [6.07, 6.45) is 14.8. The van der Waals surface area contributed by atoms with E-state index >= 15 is 0 Å². The zero-order chi connectivity index (χ0) is 37.0. The number of anilines is 2. The molecule has 1 atom stereocenters. The lowest BCUT2D eigenvalue weighted by molar-refractivity contribution is 0.614. The van der Waals surface area contributed by atoms with Crippen molar-refractivity contribution in [2.75, 3.05) is 10.2 Å². The van der Waals surface area contributed by atoms with E-state index in [0.717, 1.165) is 43.5 Å². The summed E-state index contributed by atoms with van der Waals surface area (Å²) in [4.78, 5) is 2.39. The number of nitrogens with zero attached hydrogens (tertiary/aromatic N) is 1. The van der Waals surface area contributed by atoms with Crippen LogP contribution in [0.1, 0.15) is 62.4 Å². The number of allylic oxidation sites excluding steroid dienone is 2. The van der Waals surface area contributed by atoms with Crippen LogP contribution >= 0.6 is 0 Å². The van der Waals surface area contributed by atoms with Gasteiger partial charge in [0, 0.05) is 5.70 Å². The van der Waals surface area contributed by atoms with Crippen LogP contribution in [0.15, 0.2) is 146 Å². The molecule has 55 heavy (non-hydrogen) atoms. The first-order valence-electron chi connectivity index (χ1n) is 20.0. The molecule has 7 aromatic rings. The van der Waals surface area contributed by atoms with Crippen LogP contribution in [0.3, 0.4) is 0 Å². The summed E-state index contributed by atoms with van der Waals surface area (Å²) in [6.45, 7) is 9.08. The summed E-state index contributed by atoms with van der Waals surface area (Å²) < 4.78 is 0. The lowest BCUT2D eigenvalue weighted by Crippen LogP contribution is -2.31. The number of hydrogen-bond donors (Lipinski definition) is 1. The van der Waals surface area contributed by atoms with Crippen molar-refractivity contribution in [3.8, 4) is 33.4 Å². The highest BCUT2D eigenvalue weighted by molar-refractivity contribution is 6.08. The number of hydrogen-bond acceptors (Lipinski definition) is 2. The van der Waals surface area contributed by atoms with E-state index in [9.17, 15) is 0 Å². The van der Waals surface area contributed by atoms with Crippen molar-refractivity contribution in [1.29, 1.82) is 0 Å². The lowest BCUT2D eigenvalue weighted by atomic mass is 9.83. The second kappa shape index (κ2) is 13.6. The SMILES string of the molecule is C=C(CC(C)C)N1c2ccccc2NC1c1ccc(-c2ccc3c(-c4ccc5ccccc5c4)c4c(c(-c5ccc6c(c5)CCC=C6)c3c2)=CCCC=4)cc1. The third-order valence-corrected chi connectivity index (χ3v) is 11.9. The Morgan fingerprint density at radius 2 is 1.36 bits per heavy atom. The molecule has 3 aliphatic rings. The fourth-order valence-corrected chi connectivity index (χ4v) is 9.31. The van der Waals surface area contributed by atoms with E-state index < -0.39 is 0 Å². The van der Waals surface area contributed by atoms with E-state index in [0.29, 0.717) is 5.92 Å². The molecule has 2 nitrogen and oxygen atoms in total. The van der Waals surface area contributed by atoms with Crippen molar-refractivity contribution in [1.82, 2.24) is 0 Å². The Hall–Kier alpha value is -6.12. The van der Waals surface area contributed by atoms with Crippen LogP contribution in [-0.4, -0.2) is 0 Å². The van der Waals surface area contributed by atoms with Gasteiger partial charge in [0.1, 0.15) is 6.17 Å². The van der Waals surface area contributed by atoms with Gasteiger partial charge >= 0.3 is 0 Å². The molecule has 10 rings (SSSR count). The molecule has 268 valence electrons. The number of rotatable bonds is 7. The maximum atomic E-state index is 4.55. The van der Waals surface area contributed by atoms with Gasteiger partial charge in [0.15, 0.2) is 0 Å². The second-order valence-corrected chi connectivity index (χ2v) is 16.0. The van der Waals surface area contributed by atoms with E-state index in [1.807, 2.05) is 0 Å². The van der Waals surface area contributed by atoms with Crippen LogP contribution in [0.4, 0.5) is 11.4 Å². The first-order chi connectivity index (χ1) is 27.0. The van der Waals surface area contributed by atoms with E-state index in [2.05, 4.69) is 182 Å². The predicted octanol–water partition coefficient (Wildman–Crippen LogP) is 12.8. The molecule has 0 saturated carbocycles. The number of nitrogens with one attached hydrogen (secondary N) is 1. The summed E-state index contributed by atoms with van der Waals surface area (Å²) in [5, 5.41) is 11.7. The Labute approximate surface area is 324 Å². The van der Waals surface area contributed by atoms with Crippen molar-refractivity contribution < 1.29 is 0 Å². The Bertz CT molecular complexity index is 2820. The largest absolute Gasteiger partial charge is 0.359 e. The summed E-state index contributed by atoms with van der Waals surface area (Å²) in [5.41, 5.74) is 15.2. The summed E-state index contributed by atoms with van der Waals surface area (Å²) in [7, 11) is 0. The van der Waals surface area contributed by atoms with Crippen molar-refractivity contribution in [2.24, 2.45) is 5.92 Å². The fraction of sp³-hybridized carbons (Fsp3) is 0.170. The standard InChI is InChI=1S/C53H46N2/c1-34(2)30-35(3)55-50-19-11-10-18-49(50)54-53(55)39-24-20-38(21-25-39)42-28-29-47-48(33-42)52(44-27-23-37-13-5-7-15-41(37)32-44)46-17-9-8-16-45(46)51(47)43-26-22-36-12-4-6-14-40(36)31-43/h4-6,10-14,16-29,31-34,53-54H,3,7-9,15,30H2,1-2H3. The van der Waals surface area contributed by atoms with Gasteiger partial charge in [-0.15, -0.1) is 0 Å². The lowest BCUT2D eigenvalue weighted by Gasteiger charge is -2.30. The molecule has 0 fully saturated rings. The Balaban J connectivity index is 1.14. The minimum absolute atomic E-state index is 0.00239. The molecule has 2 aliphatic carbocycles. The average Bonchev–Trinajstić information content (AvgIpc) is 3.62. The van der Waals surface area contributed by atoms with Gasteiger partial charge in [0.2, 0.25) is 0 Å². The summed E-state index contributed by atoms with van der Waals surface area (Å²) in [5.74, 6) is 0.530. The molecule has 7 aromatic carbocycles. The van der Waals surface area contributed by atoms with Gasteiger partial charge in [-0.05, 0) is 144 Å². The van der Waals surface area contributed by atoms with Crippen molar-refractivity contribution in [3.63, 3.8) is 0 Å². The van der Waals surface area contributed by atoms with Gasteiger partial charge in [-0.1, -0.05) is 148 Å². The number of para-hydroxylation sites is 2. The van der Waals surface area contributed by atoms with Crippen molar-refractivity contribution in [2.45, 2.75) is 52.1 Å². The first kappa shape index (κ1) is 33.4. The molecule has 1 heterocycles. The van der Waals surface area contributed by atoms with Crippen molar-refractivity contribution in [3.05, 3.63) is 173 Å². The van der Waals surface area contributed by atoms with E-state index in [4.69, 9.17) is 0 Å². The molecular formula is C53H46N2.